The van der Waals surface area contributed by atoms with Crippen LogP contribution in [0, 0.1) is 0 Å². The highest BCUT2D eigenvalue weighted by atomic mass is 35.5. The SMILES string of the molecule is Clc1ccc(C(Sc2nnc3ccccn23)c2ccccc2)cc1. The summed E-state index contributed by atoms with van der Waals surface area (Å²) in [5.74, 6) is 0. The smallest absolute Gasteiger partial charge is 0.196 e. The van der Waals surface area contributed by atoms with Crippen molar-refractivity contribution in [1.82, 2.24) is 14.6 Å². The number of hydrogen-bond acceptors (Lipinski definition) is 3. The molecule has 5 heteroatoms. The molecule has 1 atom stereocenters. The van der Waals surface area contributed by atoms with Gasteiger partial charge in [-0.2, -0.15) is 0 Å². The number of benzene rings is 2. The Hall–Kier alpha value is -2.30. The van der Waals surface area contributed by atoms with Crippen LogP contribution >= 0.6 is 23.4 Å². The number of hydrogen-bond donors (Lipinski definition) is 0. The standard InChI is InChI=1S/C19H14ClN3S/c20-16-11-9-15(10-12-16)18(14-6-2-1-3-7-14)24-19-22-21-17-8-4-5-13-23(17)19/h1-13,18H. The predicted octanol–water partition coefficient (Wildman–Crippen LogP) is 5.26. The van der Waals surface area contributed by atoms with Gasteiger partial charge in [-0.25, -0.2) is 0 Å². The first-order valence-electron chi connectivity index (χ1n) is 7.58. The molecule has 0 saturated carbocycles. The molecule has 2 heterocycles. The second-order valence-electron chi connectivity index (χ2n) is 5.37. The largest absolute Gasteiger partial charge is 0.277 e. The average Bonchev–Trinajstić information content (AvgIpc) is 3.04. The highest BCUT2D eigenvalue weighted by molar-refractivity contribution is 7.99. The third kappa shape index (κ3) is 3.03. The van der Waals surface area contributed by atoms with E-state index in [0.29, 0.717) is 0 Å². The van der Waals surface area contributed by atoms with Crippen molar-refractivity contribution in [3.05, 3.63) is 95.1 Å². The Labute approximate surface area is 149 Å². The molecule has 0 saturated heterocycles. The van der Waals surface area contributed by atoms with E-state index in [0.717, 1.165) is 15.8 Å². The van der Waals surface area contributed by atoms with Crippen LogP contribution in [0.3, 0.4) is 0 Å². The molecule has 118 valence electrons. The van der Waals surface area contributed by atoms with Crippen LogP contribution in [0.5, 0.6) is 0 Å². The molecule has 0 amide bonds. The molecule has 0 radical (unpaired) electrons. The fourth-order valence-electron chi connectivity index (χ4n) is 2.60. The van der Waals surface area contributed by atoms with Crippen molar-refractivity contribution in [3.63, 3.8) is 0 Å². The fraction of sp³-hybridized carbons (Fsp3) is 0.0526. The van der Waals surface area contributed by atoms with E-state index in [9.17, 15) is 0 Å². The van der Waals surface area contributed by atoms with E-state index < -0.39 is 0 Å². The molecule has 0 fully saturated rings. The Morgan fingerprint density at radius 3 is 2.29 bits per heavy atom. The monoisotopic (exact) mass is 351 g/mol. The minimum atomic E-state index is 0.121. The summed E-state index contributed by atoms with van der Waals surface area (Å²) in [5, 5.41) is 10.3. The maximum atomic E-state index is 6.05. The van der Waals surface area contributed by atoms with Gasteiger partial charge in [0.2, 0.25) is 0 Å². The molecule has 0 aliphatic carbocycles. The molecule has 0 N–H and O–H groups in total. The van der Waals surface area contributed by atoms with Crippen molar-refractivity contribution >= 4 is 29.0 Å². The molecular formula is C19H14ClN3S. The lowest BCUT2D eigenvalue weighted by atomic mass is 10.0. The van der Waals surface area contributed by atoms with Crippen LogP contribution in [0.4, 0.5) is 0 Å². The summed E-state index contributed by atoms with van der Waals surface area (Å²) >= 11 is 7.73. The zero-order chi connectivity index (χ0) is 16.4. The highest BCUT2D eigenvalue weighted by Gasteiger charge is 2.19. The summed E-state index contributed by atoms with van der Waals surface area (Å²) in [4.78, 5) is 0. The van der Waals surface area contributed by atoms with Gasteiger partial charge in [0, 0.05) is 11.2 Å². The molecule has 4 rings (SSSR count). The van der Waals surface area contributed by atoms with Gasteiger partial charge in [0.25, 0.3) is 0 Å². The molecule has 3 nitrogen and oxygen atoms in total. The highest BCUT2D eigenvalue weighted by Crippen LogP contribution is 2.39. The van der Waals surface area contributed by atoms with Gasteiger partial charge in [0.15, 0.2) is 10.8 Å². The van der Waals surface area contributed by atoms with Gasteiger partial charge in [-0.3, -0.25) is 4.40 Å². The molecule has 0 aliphatic heterocycles. The van der Waals surface area contributed by atoms with E-state index in [-0.39, 0.29) is 5.25 Å². The van der Waals surface area contributed by atoms with Crippen LogP contribution in [0.1, 0.15) is 16.4 Å². The molecule has 0 spiro atoms. The van der Waals surface area contributed by atoms with Crippen LogP contribution in [0.25, 0.3) is 5.65 Å². The quantitative estimate of drug-likeness (QED) is 0.469. The lowest BCUT2D eigenvalue weighted by Crippen LogP contribution is -1.98. The minimum Gasteiger partial charge on any atom is -0.277 e. The Kier molecular flexibility index (Phi) is 4.24. The Balaban J connectivity index is 1.77. The number of aromatic nitrogens is 3. The first-order chi connectivity index (χ1) is 11.8. The molecule has 4 aromatic rings. The summed E-state index contributed by atoms with van der Waals surface area (Å²) in [6.45, 7) is 0. The molecule has 0 aliphatic rings. The van der Waals surface area contributed by atoms with Gasteiger partial charge < -0.3 is 0 Å². The lowest BCUT2D eigenvalue weighted by molar-refractivity contribution is 0.915. The van der Waals surface area contributed by atoms with Crippen molar-refractivity contribution in [2.24, 2.45) is 0 Å². The second-order valence-corrected chi connectivity index (χ2v) is 6.88. The van der Waals surface area contributed by atoms with Crippen LogP contribution in [0.15, 0.2) is 84.1 Å². The number of nitrogens with zero attached hydrogens (tertiary/aromatic N) is 3. The minimum absolute atomic E-state index is 0.121. The van der Waals surface area contributed by atoms with E-state index in [1.807, 2.05) is 47.0 Å². The third-order valence-corrected chi connectivity index (χ3v) is 5.30. The van der Waals surface area contributed by atoms with E-state index in [2.05, 4.69) is 46.6 Å². The summed E-state index contributed by atoms with van der Waals surface area (Å²) in [6, 6.07) is 24.3. The van der Waals surface area contributed by atoms with Gasteiger partial charge in [-0.15, -0.1) is 10.2 Å². The molecule has 2 aromatic carbocycles. The maximum Gasteiger partial charge on any atom is 0.196 e. The topological polar surface area (TPSA) is 30.2 Å². The summed E-state index contributed by atoms with van der Waals surface area (Å²) < 4.78 is 2.01. The number of fused-ring (bicyclic) bond motifs is 1. The van der Waals surface area contributed by atoms with E-state index in [4.69, 9.17) is 11.6 Å². The van der Waals surface area contributed by atoms with Crippen molar-refractivity contribution in [2.45, 2.75) is 10.4 Å². The van der Waals surface area contributed by atoms with Crippen LogP contribution < -0.4 is 0 Å². The molecule has 2 aromatic heterocycles. The van der Waals surface area contributed by atoms with Crippen LogP contribution in [0.2, 0.25) is 5.02 Å². The van der Waals surface area contributed by atoms with Crippen molar-refractivity contribution in [2.75, 3.05) is 0 Å². The van der Waals surface area contributed by atoms with Gasteiger partial charge in [-0.05, 0) is 35.4 Å². The second kappa shape index (κ2) is 6.67. The van der Waals surface area contributed by atoms with E-state index in [1.54, 1.807) is 11.8 Å². The van der Waals surface area contributed by atoms with E-state index >= 15 is 0 Å². The van der Waals surface area contributed by atoms with Crippen molar-refractivity contribution in [3.8, 4) is 0 Å². The van der Waals surface area contributed by atoms with Gasteiger partial charge >= 0.3 is 0 Å². The lowest BCUT2D eigenvalue weighted by Gasteiger charge is -2.16. The van der Waals surface area contributed by atoms with E-state index in [1.165, 1.54) is 11.1 Å². The van der Waals surface area contributed by atoms with Gasteiger partial charge in [-0.1, -0.05) is 71.9 Å². The van der Waals surface area contributed by atoms with Gasteiger partial charge in [0.1, 0.15) is 0 Å². The maximum absolute atomic E-state index is 6.05. The third-order valence-electron chi connectivity index (χ3n) is 3.78. The zero-order valence-electron chi connectivity index (χ0n) is 12.7. The predicted molar refractivity (Wildman–Crippen MR) is 98.6 cm³/mol. The first-order valence-corrected chi connectivity index (χ1v) is 8.84. The number of pyridine rings is 1. The number of rotatable bonds is 4. The normalized spacial score (nSPS) is 12.4. The molecule has 0 bridgehead atoms. The Morgan fingerprint density at radius 1 is 0.792 bits per heavy atom. The molecule has 1 unspecified atom stereocenters. The van der Waals surface area contributed by atoms with Crippen molar-refractivity contribution in [1.29, 1.82) is 0 Å². The molecular weight excluding hydrogens is 338 g/mol. The Bertz CT molecular complexity index is 951. The zero-order valence-corrected chi connectivity index (χ0v) is 14.3. The molecule has 24 heavy (non-hydrogen) atoms. The van der Waals surface area contributed by atoms with Crippen LogP contribution in [-0.2, 0) is 0 Å². The van der Waals surface area contributed by atoms with Crippen molar-refractivity contribution < 1.29 is 0 Å². The van der Waals surface area contributed by atoms with Crippen LogP contribution in [-0.4, -0.2) is 14.6 Å². The average molecular weight is 352 g/mol. The number of halogens is 1. The van der Waals surface area contributed by atoms with Gasteiger partial charge in [0.05, 0.1) is 5.25 Å². The first kappa shape index (κ1) is 15.2. The summed E-state index contributed by atoms with van der Waals surface area (Å²) in [7, 11) is 0. The summed E-state index contributed by atoms with van der Waals surface area (Å²) in [6.07, 6.45) is 1.99. The fourth-order valence-corrected chi connectivity index (χ4v) is 3.88. The summed E-state index contributed by atoms with van der Waals surface area (Å²) in [5.41, 5.74) is 3.25. The number of thioether (sulfide) groups is 1. The Morgan fingerprint density at radius 2 is 1.50 bits per heavy atom.